The fraction of sp³-hybridized carbons (Fsp3) is 1.00. The molecular formula is C10H21ClNO3S-. The Hall–Kier alpha value is 0.160. The Morgan fingerprint density at radius 3 is 1.81 bits per heavy atom. The molecule has 0 amide bonds. The normalized spacial score (nSPS) is 28.8. The van der Waals surface area contributed by atoms with E-state index in [1.807, 2.05) is 27.7 Å². The minimum absolute atomic E-state index is 0. The van der Waals surface area contributed by atoms with Gasteiger partial charge in [-0.25, -0.2) is 8.42 Å². The molecule has 98 valence electrons. The molecule has 2 atom stereocenters. The first kappa shape index (κ1) is 16.2. The maximum absolute atomic E-state index is 11.4. The summed E-state index contributed by atoms with van der Waals surface area (Å²) in [4.78, 5) is 2.08. The lowest BCUT2D eigenvalue weighted by molar-refractivity contribution is -0.00000781. The molecule has 0 saturated carbocycles. The molecule has 1 heterocycles. The highest BCUT2D eigenvalue weighted by Crippen LogP contribution is 2.22. The minimum atomic E-state index is -3.05. The summed E-state index contributed by atoms with van der Waals surface area (Å²) in [6, 6.07) is 0.255. The number of nitrogens with zero attached hydrogens (tertiary/aromatic N) is 1. The van der Waals surface area contributed by atoms with Gasteiger partial charge in [0.1, 0.15) is 0 Å². The van der Waals surface area contributed by atoms with Crippen molar-refractivity contribution in [2.45, 2.75) is 51.9 Å². The molecule has 4 nitrogen and oxygen atoms in total. The van der Waals surface area contributed by atoms with Crippen LogP contribution in [0.2, 0.25) is 0 Å². The van der Waals surface area contributed by atoms with Gasteiger partial charge in [-0.3, -0.25) is 4.90 Å². The van der Waals surface area contributed by atoms with Gasteiger partial charge in [0.2, 0.25) is 0 Å². The number of sulfone groups is 1. The van der Waals surface area contributed by atoms with Gasteiger partial charge in [0.15, 0.2) is 9.84 Å². The van der Waals surface area contributed by atoms with E-state index < -0.39 is 15.9 Å². The third-order valence-corrected chi connectivity index (χ3v) is 4.57. The Kier molecular flexibility index (Phi) is 5.72. The summed E-state index contributed by atoms with van der Waals surface area (Å²) in [6.07, 6.45) is -0.736. The Bertz CT molecular complexity index is 308. The number of aliphatic hydroxyl groups is 1. The lowest BCUT2D eigenvalue weighted by atomic mass is 10.1. The molecule has 1 rings (SSSR count). The van der Waals surface area contributed by atoms with Crippen LogP contribution < -0.4 is 12.4 Å². The Labute approximate surface area is 104 Å². The largest absolute Gasteiger partial charge is 1.00 e. The summed E-state index contributed by atoms with van der Waals surface area (Å²) in [5.74, 6) is -0.00185. The summed E-state index contributed by atoms with van der Waals surface area (Å²) in [6.45, 7) is 8.10. The van der Waals surface area contributed by atoms with E-state index in [0.29, 0.717) is 0 Å². The Morgan fingerprint density at radius 2 is 1.56 bits per heavy atom. The molecule has 1 aliphatic heterocycles. The van der Waals surface area contributed by atoms with Gasteiger partial charge < -0.3 is 17.5 Å². The van der Waals surface area contributed by atoms with Crippen molar-refractivity contribution in [3.63, 3.8) is 0 Å². The highest BCUT2D eigenvalue weighted by Gasteiger charge is 2.41. The zero-order valence-electron chi connectivity index (χ0n) is 10.2. The number of hydrogen-bond donors (Lipinski definition) is 1. The fourth-order valence-electron chi connectivity index (χ4n) is 2.46. The first-order valence-corrected chi connectivity index (χ1v) is 7.22. The van der Waals surface area contributed by atoms with Gasteiger partial charge in [0, 0.05) is 12.1 Å². The summed E-state index contributed by atoms with van der Waals surface area (Å²) in [5, 5.41) is 9.77. The SMILES string of the molecule is CC(C)N(C(C)C)C1CS(=O)(=O)CC1O.[Cl-]. The Balaban J connectivity index is 0.00000225. The zero-order chi connectivity index (χ0) is 11.8. The molecule has 0 bridgehead atoms. The average molecular weight is 271 g/mol. The second-order valence-electron chi connectivity index (χ2n) is 4.85. The van der Waals surface area contributed by atoms with Gasteiger partial charge in [0.25, 0.3) is 0 Å². The highest BCUT2D eigenvalue weighted by molar-refractivity contribution is 7.91. The van der Waals surface area contributed by atoms with E-state index in [2.05, 4.69) is 4.90 Å². The predicted octanol–water partition coefficient (Wildman–Crippen LogP) is -2.73. The number of aliphatic hydroxyl groups excluding tert-OH is 1. The second-order valence-corrected chi connectivity index (χ2v) is 7.00. The number of halogens is 1. The molecule has 0 radical (unpaired) electrons. The first-order chi connectivity index (χ1) is 6.74. The molecule has 1 aliphatic rings. The molecule has 0 aromatic heterocycles. The van der Waals surface area contributed by atoms with E-state index in [4.69, 9.17) is 0 Å². The molecule has 0 spiro atoms. The third kappa shape index (κ3) is 3.58. The lowest BCUT2D eigenvalue weighted by Gasteiger charge is -2.37. The molecule has 6 heteroatoms. The summed E-state index contributed by atoms with van der Waals surface area (Å²) < 4.78 is 22.8. The zero-order valence-corrected chi connectivity index (χ0v) is 11.8. The van der Waals surface area contributed by atoms with Crippen LogP contribution in [0.5, 0.6) is 0 Å². The highest BCUT2D eigenvalue weighted by atomic mass is 35.5. The van der Waals surface area contributed by atoms with Gasteiger partial charge in [0.05, 0.1) is 23.7 Å². The van der Waals surface area contributed by atoms with Crippen molar-refractivity contribution in [2.75, 3.05) is 11.5 Å². The predicted molar refractivity (Wildman–Crippen MR) is 60.6 cm³/mol. The van der Waals surface area contributed by atoms with Crippen molar-refractivity contribution in [2.24, 2.45) is 0 Å². The topological polar surface area (TPSA) is 57.6 Å². The number of hydrogen-bond acceptors (Lipinski definition) is 4. The van der Waals surface area contributed by atoms with E-state index in [-0.39, 0.29) is 42.0 Å². The van der Waals surface area contributed by atoms with Crippen LogP contribution in [0.1, 0.15) is 27.7 Å². The fourth-order valence-corrected chi connectivity index (χ4v) is 4.25. The average Bonchev–Trinajstić information content (AvgIpc) is 2.23. The molecule has 16 heavy (non-hydrogen) atoms. The molecule has 0 aromatic rings. The summed E-state index contributed by atoms with van der Waals surface area (Å²) >= 11 is 0. The molecular weight excluding hydrogens is 250 g/mol. The van der Waals surface area contributed by atoms with Crippen LogP contribution in [-0.2, 0) is 9.84 Å². The summed E-state index contributed by atoms with van der Waals surface area (Å²) in [7, 11) is -3.05. The molecule has 0 aliphatic carbocycles. The van der Waals surface area contributed by atoms with Crippen LogP contribution in [0.15, 0.2) is 0 Å². The van der Waals surface area contributed by atoms with E-state index in [0.717, 1.165) is 0 Å². The summed E-state index contributed by atoms with van der Waals surface area (Å²) in [5.41, 5.74) is 0. The molecule has 1 fully saturated rings. The van der Waals surface area contributed by atoms with Crippen molar-refractivity contribution >= 4 is 9.84 Å². The molecule has 0 aromatic carbocycles. The number of rotatable bonds is 3. The van der Waals surface area contributed by atoms with E-state index in [9.17, 15) is 13.5 Å². The van der Waals surface area contributed by atoms with Crippen molar-refractivity contribution in [1.29, 1.82) is 0 Å². The van der Waals surface area contributed by atoms with Crippen molar-refractivity contribution in [1.82, 2.24) is 4.90 Å². The first-order valence-electron chi connectivity index (χ1n) is 5.40. The Morgan fingerprint density at radius 1 is 1.12 bits per heavy atom. The van der Waals surface area contributed by atoms with Crippen LogP contribution in [-0.4, -0.2) is 54.2 Å². The van der Waals surface area contributed by atoms with Crippen LogP contribution in [0, 0.1) is 0 Å². The third-order valence-electron chi connectivity index (χ3n) is 2.87. The van der Waals surface area contributed by atoms with Gasteiger partial charge >= 0.3 is 0 Å². The smallest absolute Gasteiger partial charge is 0.154 e. The van der Waals surface area contributed by atoms with E-state index >= 15 is 0 Å². The van der Waals surface area contributed by atoms with Gasteiger partial charge in [-0.05, 0) is 27.7 Å². The van der Waals surface area contributed by atoms with E-state index in [1.54, 1.807) is 0 Å². The monoisotopic (exact) mass is 270 g/mol. The molecule has 1 N–H and O–H groups in total. The van der Waals surface area contributed by atoms with Crippen molar-refractivity contribution < 1.29 is 25.9 Å². The lowest BCUT2D eigenvalue weighted by Crippen LogP contribution is -3.00. The van der Waals surface area contributed by atoms with Gasteiger partial charge in [-0.2, -0.15) is 0 Å². The van der Waals surface area contributed by atoms with Crippen LogP contribution in [0.25, 0.3) is 0 Å². The second kappa shape index (κ2) is 5.67. The molecule has 2 unspecified atom stereocenters. The van der Waals surface area contributed by atoms with Crippen LogP contribution >= 0.6 is 0 Å². The van der Waals surface area contributed by atoms with Crippen molar-refractivity contribution in [3.05, 3.63) is 0 Å². The standard InChI is InChI=1S/C10H21NO3S.ClH/c1-7(2)11(8(3)4)9-5-15(13,14)6-10(9)12;/h7-10,12H,5-6H2,1-4H3;1H/p-1. The van der Waals surface area contributed by atoms with Crippen LogP contribution in [0.4, 0.5) is 0 Å². The maximum atomic E-state index is 11.4. The van der Waals surface area contributed by atoms with Gasteiger partial charge in [-0.15, -0.1) is 0 Å². The minimum Gasteiger partial charge on any atom is -1.00 e. The van der Waals surface area contributed by atoms with Crippen LogP contribution in [0.3, 0.4) is 0 Å². The quantitative estimate of drug-likeness (QED) is 0.605. The van der Waals surface area contributed by atoms with Gasteiger partial charge in [-0.1, -0.05) is 0 Å². The molecule has 1 saturated heterocycles. The van der Waals surface area contributed by atoms with Crippen molar-refractivity contribution in [3.8, 4) is 0 Å². The maximum Gasteiger partial charge on any atom is 0.154 e. The van der Waals surface area contributed by atoms with E-state index in [1.165, 1.54) is 0 Å².